The van der Waals surface area contributed by atoms with E-state index in [1.165, 1.54) is 11.8 Å². The molecule has 0 heterocycles. The third kappa shape index (κ3) is 3.27. The number of rotatable bonds is 7. The van der Waals surface area contributed by atoms with Gasteiger partial charge < -0.3 is 21.3 Å². The summed E-state index contributed by atoms with van der Waals surface area (Å²) in [5.41, 5.74) is 3.50. The molecule has 0 aromatic rings. The molecule has 0 spiro atoms. The Morgan fingerprint density at radius 1 is 1.43 bits per heavy atom. The van der Waals surface area contributed by atoms with Gasteiger partial charge in [0.1, 0.15) is 6.17 Å². The minimum absolute atomic E-state index is 0. The van der Waals surface area contributed by atoms with Gasteiger partial charge in [-0.25, -0.2) is 9.18 Å². The molecule has 10 heteroatoms. The second-order valence-electron chi connectivity index (χ2n) is 5.81. The number of halogens is 2. The highest BCUT2D eigenvalue weighted by Gasteiger charge is 2.76. The molecular formula is C13H20ClFN2O5S. The first-order valence-corrected chi connectivity index (χ1v) is 8.33. The van der Waals surface area contributed by atoms with Crippen LogP contribution >= 0.6 is 24.2 Å². The predicted molar refractivity (Wildman–Crippen MR) is 84.4 cm³/mol. The van der Waals surface area contributed by atoms with Gasteiger partial charge in [0.15, 0.2) is 5.54 Å². The Morgan fingerprint density at radius 3 is 2.52 bits per heavy atom. The number of amides is 1. The number of carbonyl (C=O) groups is 3. The molecule has 0 bridgehead atoms. The number of alkyl halides is 1. The zero-order valence-electron chi connectivity index (χ0n) is 12.4. The van der Waals surface area contributed by atoms with Gasteiger partial charge in [-0.1, -0.05) is 0 Å². The molecule has 1 amide bonds. The summed E-state index contributed by atoms with van der Waals surface area (Å²) >= 11 is 1.48. The fraction of sp³-hybridized carbons (Fsp3) is 0.769. The molecule has 7 nitrogen and oxygen atoms in total. The predicted octanol–water partition coefficient (Wildman–Crippen LogP) is 0.117. The number of fused-ring (bicyclic) bond motifs is 1. The Hall–Kier alpha value is -1.06. The lowest BCUT2D eigenvalue weighted by Crippen LogP contribution is -2.63. The molecule has 132 valence electrons. The quantitative estimate of drug-likeness (QED) is 0.500. The van der Waals surface area contributed by atoms with Gasteiger partial charge in [-0.05, 0) is 30.8 Å². The van der Waals surface area contributed by atoms with Crippen molar-refractivity contribution in [3.63, 3.8) is 0 Å². The summed E-state index contributed by atoms with van der Waals surface area (Å²) < 4.78 is 14.3. The molecule has 0 aromatic heterocycles. The topological polar surface area (TPSA) is 130 Å². The van der Waals surface area contributed by atoms with Crippen molar-refractivity contribution in [3.05, 3.63) is 0 Å². The van der Waals surface area contributed by atoms with Gasteiger partial charge in [-0.2, -0.15) is 11.8 Å². The summed E-state index contributed by atoms with van der Waals surface area (Å²) in [6.07, 6.45) is 0.182. The Bertz CT molecular complexity index is 511. The first-order chi connectivity index (χ1) is 10.3. The molecule has 2 rings (SSSR count). The van der Waals surface area contributed by atoms with Crippen molar-refractivity contribution in [2.24, 2.45) is 23.5 Å². The number of thioether (sulfide) groups is 1. The van der Waals surface area contributed by atoms with Gasteiger partial charge in [0.2, 0.25) is 5.91 Å². The summed E-state index contributed by atoms with van der Waals surface area (Å²) in [6, 6.07) is -0.947. The lowest BCUT2D eigenvalue weighted by Gasteiger charge is -2.32. The molecule has 0 radical (unpaired) electrons. The normalized spacial score (nSPS) is 35.6. The Balaban J connectivity index is 0.00000264. The van der Waals surface area contributed by atoms with E-state index in [1.807, 2.05) is 6.26 Å². The van der Waals surface area contributed by atoms with Gasteiger partial charge in [-0.15, -0.1) is 12.4 Å². The summed E-state index contributed by atoms with van der Waals surface area (Å²) in [6.45, 7) is 0. The van der Waals surface area contributed by atoms with E-state index < -0.39 is 53.4 Å². The van der Waals surface area contributed by atoms with Crippen molar-refractivity contribution in [2.75, 3.05) is 12.0 Å². The van der Waals surface area contributed by atoms with Gasteiger partial charge >= 0.3 is 11.9 Å². The Morgan fingerprint density at radius 2 is 2.04 bits per heavy atom. The first-order valence-electron chi connectivity index (χ1n) is 6.94. The minimum atomic E-state index is -2.18. The van der Waals surface area contributed by atoms with Crippen LogP contribution in [0.4, 0.5) is 4.39 Å². The van der Waals surface area contributed by atoms with Gasteiger partial charge in [0, 0.05) is 5.92 Å². The van der Waals surface area contributed by atoms with Crippen molar-refractivity contribution in [2.45, 2.75) is 30.6 Å². The van der Waals surface area contributed by atoms with Crippen molar-refractivity contribution < 1.29 is 29.0 Å². The van der Waals surface area contributed by atoms with Crippen LogP contribution in [0.2, 0.25) is 0 Å². The maximum Gasteiger partial charge on any atom is 0.332 e. The van der Waals surface area contributed by atoms with Crippen LogP contribution in [0.5, 0.6) is 0 Å². The maximum atomic E-state index is 14.3. The molecule has 0 aromatic carbocycles. The van der Waals surface area contributed by atoms with Crippen LogP contribution in [0, 0.1) is 17.8 Å². The zero-order valence-corrected chi connectivity index (χ0v) is 14.0. The second-order valence-corrected chi connectivity index (χ2v) is 6.79. The van der Waals surface area contributed by atoms with Crippen LogP contribution in [-0.4, -0.2) is 57.8 Å². The van der Waals surface area contributed by atoms with E-state index in [2.05, 4.69) is 5.32 Å². The number of nitrogens with two attached hydrogens (primary N) is 1. The third-order valence-electron chi connectivity index (χ3n) is 4.61. The SMILES string of the molecule is CSCC[C@H](N)C(=O)N[C@]1(C(=O)O)[C@H]2[C@@H](C[C@@H]1F)[C@@H]2C(=O)O.Cl. The smallest absolute Gasteiger partial charge is 0.332 e. The number of hydrogen-bond acceptors (Lipinski definition) is 5. The van der Waals surface area contributed by atoms with Crippen molar-refractivity contribution in [3.8, 4) is 0 Å². The van der Waals surface area contributed by atoms with E-state index in [0.717, 1.165) is 0 Å². The summed E-state index contributed by atoms with van der Waals surface area (Å²) in [7, 11) is 0. The Kier molecular flexibility index (Phi) is 6.28. The number of nitrogens with one attached hydrogen (secondary N) is 1. The van der Waals surface area contributed by atoms with Crippen LogP contribution in [0.1, 0.15) is 12.8 Å². The molecule has 6 atom stereocenters. The van der Waals surface area contributed by atoms with Crippen molar-refractivity contribution in [1.82, 2.24) is 5.32 Å². The van der Waals surface area contributed by atoms with E-state index in [-0.39, 0.29) is 18.8 Å². The lowest BCUT2D eigenvalue weighted by molar-refractivity contribution is -0.153. The number of carboxylic acids is 2. The second kappa shape index (κ2) is 7.23. The molecule has 23 heavy (non-hydrogen) atoms. The van der Waals surface area contributed by atoms with Gasteiger partial charge in [0.25, 0.3) is 0 Å². The summed E-state index contributed by atoms with van der Waals surface area (Å²) in [5, 5.41) is 20.7. The lowest BCUT2D eigenvalue weighted by atomic mass is 9.88. The molecule has 0 saturated heterocycles. The van der Waals surface area contributed by atoms with Gasteiger partial charge in [-0.3, -0.25) is 9.59 Å². The molecule has 5 N–H and O–H groups in total. The fourth-order valence-electron chi connectivity index (χ4n) is 3.42. The minimum Gasteiger partial charge on any atom is -0.481 e. The largest absolute Gasteiger partial charge is 0.481 e. The van der Waals surface area contributed by atoms with E-state index in [9.17, 15) is 23.9 Å². The van der Waals surface area contributed by atoms with Crippen molar-refractivity contribution in [1.29, 1.82) is 0 Å². The Labute approximate surface area is 143 Å². The molecule has 2 fully saturated rings. The number of hydrogen-bond donors (Lipinski definition) is 4. The highest BCUT2D eigenvalue weighted by molar-refractivity contribution is 7.98. The average Bonchev–Trinajstić information content (AvgIpc) is 3.08. The van der Waals surface area contributed by atoms with Gasteiger partial charge in [0.05, 0.1) is 12.0 Å². The monoisotopic (exact) mass is 370 g/mol. The van der Waals surface area contributed by atoms with Crippen molar-refractivity contribution >= 4 is 42.0 Å². The molecule has 0 aliphatic heterocycles. The highest BCUT2D eigenvalue weighted by atomic mass is 35.5. The number of carbonyl (C=O) groups excluding carboxylic acids is 1. The van der Waals surface area contributed by atoms with Crippen LogP contribution in [0.15, 0.2) is 0 Å². The van der Waals surface area contributed by atoms with E-state index in [4.69, 9.17) is 10.8 Å². The van der Waals surface area contributed by atoms with Crippen LogP contribution in [-0.2, 0) is 14.4 Å². The van der Waals surface area contributed by atoms with Crippen LogP contribution in [0.25, 0.3) is 0 Å². The molecular weight excluding hydrogens is 351 g/mol. The molecule has 2 saturated carbocycles. The highest BCUT2D eigenvalue weighted by Crippen LogP contribution is 2.63. The third-order valence-corrected chi connectivity index (χ3v) is 5.25. The average molecular weight is 371 g/mol. The van der Waals surface area contributed by atoms with E-state index in [1.54, 1.807) is 0 Å². The van der Waals surface area contributed by atoms with Crippen LogP contribution in [0.3, 0.4) is 0 Å². The fourth-order valence-corrected chi connectivity index (χ4v) is 3.91. The molecule has 0 unspecified atom stereocenters. The number of carboxylic acid groups (broad SMARTS) is 2. The standard InChI is InChI=1S/C13H19FN2O5S.ClH/c1-22-3-2-6(15)10(17)16-13(12(20)21)7(14)4-5-8(9(5)13)11(18)19;/h5-9H,2-4,15H2,1H3,(H,16,17)(H,18,19)(H,20,21);1H/t5-,6-,7-,8-,9-,13-;/m0./s1. The van der Waals surface area contributed by atoms with Crippen LogP contribution < -0.4 is 11.1 Å². The zero-order chi connectivity index (χ0) is 16.7. The van der Waals surface area contributed by atoms with E-state index in [0.29, 0.717) is 12.2 Å². The molecule has 2 aliphatic carbocycles. The summed E-state index contributed by atoms with van der Waals surface area (Å²) in [5.74, 6) is -5.24. The number of aliphatic carboxylic acids is 2. The maximum absolute atomic E-state index is 14.3. The summed E-state index contributed by atoms with van der Waals surface area (Å²) in [4.78, 5) is 34.8. The molecule has 2 aliphatic rings. The van der Waals surface area contributed by atoms with E-state index >= 15 is 0 Å². The first kappa shape index (κ1) is 20.0.